The first-order valence-electron chi connectivity index (χ1n) is 14.9. The Labute approximate surface area is 260 Å². The Hall–Kier alpha value is -5.37. The lowest BCUT2D eigenvalue weighted by molar-refractivity contribution is -0.126. The fourth-order valence-electron chi connectivity index (χ4n) is 6.75. The van der Waals surface area contributed by atoms with Crippen LogP contribution < -0.4 is 19.8 Å². The van der Waals surface area contributed by atoms with Crippen LogP contribution >= 0.6 is 0 Å². The zero-order valence-electron chi connectivity index (χ0n) is 25.5. The maximum atomic E-state index is 15.0. The Morgan fingerprint density at radius 1 is 0.778 bits per heavy atom. The lowest BCUT2D eigenvalue weighted by atomic mass is 9.83. The maximum absolute atomic E-state index is 15.0. The predicted molar refractivity (Wildman–Crippen MR) is 171 cm³/mol. The lowest BCUT2D eigenvalue weighted by Gasteiger charge is -2.34. The number of hydrogen-bond donors (Lipinski definition) is 0. The molecule has 2 amide bonds. The standard InChI is InChI=1S/C37H32N2O6/c1-22-18-26-30(19-23(22)2)45-34-32(33(26)40)37(39(35(34)41)17-16-24-14-15-29(43-3)31(20-24)44-4)27-12-8-9-13-28(27)38(36(37)42)21-25-10-6-5-7-11-25/h5-15,18-20H,16-17,21H2,1-4H3. The van der Waals surface area contributed by atoms with Crippen LogP contribution in [-0.4, -0.2) is 37.5 Å². The van der Waals surface area contributed by atoms with Gasteiger partial charge in [0.25, 0.3) is 11.8 Å². The molecule has 8 heteroatoms. The molecule has 0 radical (unpaired) electrons. The molecule has 0 N–H and O–H groups in total. The van der Waals surface area contributed by atoms with E-state index in [-0.39, 0.29) is 35.7 Å². The molecular formula is C37H32N2O6. The summed E-state index contributed by atoms with van der Waals surface area (Å²) in [7, 11) is 3.14. The van der Waals surface area contributed by atoms with Crippen molar-refractivity contribution in [1.29, 1.82) is 0 Å². The van der Waals surface area contributed by atoms with Gasteiger partial charge in [0.15, 0.2) is 22.5 Å². The molecule has 2 aliphatic rings. The number of benzene rings is 4. The number of aryl methyl sites for hydroxylation is 2. The first kappa shape index (κ1) is 28.4. The third kappa shape index (κ3) is 4.16. The summed E-state index contributed by atoms with van der Waals surface area (Å²) < 4.78 is 17.2. The number of para-hydroxylation sites is 1. The Balaban J connectivity index is 1.44. The molecule has 0 saturated heterocycles. The van der Waals surface area contributed by atoms with E-state index in [2.05, 4.69) is 0 Å². The number of carbonyl (C=O) groups excluding carboxylic acids is 2. The second kappa shape index (κ2) is 10.7. The van der Waals surface area contributed by atoms with E-state index in [4.69, 9.17) is 13.9 Å². The number of rotatable bonds is 7. The zero-order valence-corrected chi connectivity index (χ0v) is 25.5. The van der Waals surface area contributed by atoms with Crippen LogP contribution in [0.3, 0.4) is 0 Å². The van der Waals surface area contributed by atoms with Gasteiger partial charge >= 0.3 is 0 Å². The summed E-state index contributed by atoms with van der Waals surface area (Å²) in [6.45, 7) is 4.28. The lowest BCUT2D eigenvalue weighted by Crippen LogP contribution is -2.53. The molecule has 1 unspecified atom stereocenters. The van der Waals surface area contributed by atoms with Crippen LogP contribution in [0.2, 0.25) is 0 Å². The fraction of sp³-hybridized carbons (Fsp3) is 0.216. The highest BCUT2D eigenvalue weighted by molar-refractivity contribution is 6.17. The third-order valence-electron chi connectivity index (χ3n) is 9.11. The number of nitrogens with zero attached hydrogens (tertiary/aromatic N) is 2. The summed E-state index contributed by atoms with van der Waals surface area (Å²) in [5.41, 5.74) is 3.23. The van der Waals surface area contributed by atoms with Crippen LogP contribution in [-0.2, 0) is 23.3 Å². The van der Waals surface area contributed by atoms with Crippen molar-refractivity contribution >= 4 is 28.5 Å². The maximum Gasteiger partial charge on any atom is 0.291 e. The average molecular weight is 601 g/mol. The van der Waals surface area contributed by atoms with Gasteiger partial charge in [-0.2, -0.15) is 0 Å². The molecule has 0 saturated carbocycles. The van der Waals surface area contributed by atoms with Crippen molar-refractivity contribution in [1.82, 2.24) is 4.90 Å². The molecule has 45 heavy (non-hydrogen) atoms. The molecule has 4 aromatic carbocycles. The largest absolute Gasteiger partial charge is 0.493 e. The van der Waals surface area contributed by atoms with E-state index >= 15 is 4.79 Å². The number of anilines is 1. The minimum Gasteiger partial charge on any atom is -0.493 e. The van der Waals surface area contributed by atoms with Gasteiger partial charge in [-0.25, -0.2) is 0 Å². The first-order valence-corrected chi connectivity index (χ1v) is 14.9. The van der Waals surface area contributed by atoms with E-state index in [1.807, 2.05) is 86.6 Å². The van der Waals surface area contributed by atoms with E-state index in [9.17, 15) is 9.59 Å². The Kier molecular flexibility index (Phi) is 6.73. The fourth-order valence-corrected chi connectivity index (χ4v) is 6.75. The second-order valence-electron chi connectivity index (χ2n) is 11.6. The molecule has 0 aliphatic carbocycles. The summed E-state index contributed by atoms with van der Waals surface area (Å²) in [6.07, 6.45) is 0.391. The molecule has 1 aromatic heterocycles. The first-order chi connectivity index (χ1) is 21.8. The molecule has 0 fully saturated rings. The molecule has 1 spiro atoms. The molecule has 3 heterocycles. The predicted octanol–water partition coefficient (Wildman–Crippen LogP) is 5.92. The monoisotopic (exact) mass is 600 g/mol. The van der Waals surface area contributed by atoms with Crippen LogP contribution in [0.15, 0.2) is 94.1 Å². The number of hydrogen-bond acceptors (Lipinski definition) is 6. The number of amides is 2. The molecular weight excluding hydrogens is 568 g/mol. The van der Waals surface area contributed by atoms with Crippen molar-refractivity contribution < 1.29 is 23.5 Å². The van der Waals surface area contributed by atoms with Crippen LogP contribution in [0.4, 0.5) is 5.69 Å². The van der Waals surface area contributed by atoms with Crippen LogP contribution in [0, 0.1) is 13.8 Å². The van der Waals surface area contributed by atoms with E-state index in [1.54, 1.807) is 31.3 Å². The number of fused-ring (bicyclic) bond motifs is 5. The molecule has 226 valence electrons. The molecule has 7 rings (SSSR count). The van der Waals surface area contributed by atoms with Gasteiger partial charge in [0.1, 0.15) is 5.58 Å². The zero-order chi connectivity index (χ0) is 31.5. The minimum atomic E-state index is -1.69. The summed E-state index contributed by atoms with van der Waals surface area (Å²) >= 11 is 0. The topological polar surface area (TPSA) is 89.3 Å². The number of carbonyl (C=O) groups is 2. The van der Waals surface area contributed by atoms with E-state index < -0.39 is 11.4 Å². The van der Waals surface area contributed by atoms with Crippen molar-refractivity contribution in [3.05, 3.63) is 134 Å². The van der Waals surface area contributed by atoms with Crippen LogP contribution in [0.25, 0.3) is 11.0 Å². The van der Waals surface area contributed by atoms with Crippen molar-refractivity contribution in [2.24, 2.45) is 0 Å². The summed E-state index contributed by atoms with van der Waals surface area (Å²) in [5, 5.41) is 0.345. The SMILES string of the molecule is COc1ccc(CCN2C(=O)c3oc4cc(C)c(C)cc4c(=O)c3C23C(=O)N(Cc2ccccc2)c2ccccc23)cc1OC. The Morgan fingerprint density at radius 2 is 1.49 bits per heavy atom. The van der Waals surface area contributed by atoms with Crippen molar-refractivity contribution in [3.8, 4) is 11.5 Å². The van der Waals surface area contributed by atoms with Gasteiger partial charge in [-0.3, -0.25) is 14.4 Å². The van der Waals surface area contributed by atoms with Gasteiger partial charge in [-0.15, -0.1) is 0 Å². The van der Waals surface area contributed by atoms with E-state index in [0.717, 1.165) is 22.3 Å². The number of methoxy groups -OCH3 is 2. The van der Waals surface area contributed by atoms with Gasteiger partial charge in [0.2, 0.25) is 5.76 Å². The average Bonchev–Trinajstić information content (AvgIpc) is 3.45. The molecule has 0 bridgehead atoms. The highest BCUT2D eigenvalue weighted by Crippen LogP contribution is 2.53. The second-order valence-corrected chi connectivity index (χ2v) is 11.6. The Bertz CT molecular complexity index is 2070. The molecule has 5 aromatic rings. The highest BCUT2D eigenvalue weighted by atomic mass is 16.5. The van der Waals surface area contributed by atoms with Gasteiger partial charge < -0.3 is 23.7 Å². The summed E-state index contributed by atoms with van der Waals surface area (Å²) in [5.74, 6) is 0.208. The molecule has 8 nitrogen and oxygen atoms in total. The number of ether oxygens (including phenoxy) is 2. The van der Waals surface area contributed by atoms with Gasteiger partial charge in [-0.05, 0) is 72.9 Å². The van der Waals surface area contributed by atoms with Crippen molar-refractivity contribution in [3.63, 3.8) is 0 Å². The van der Waals surface area contributed by atoms with Gasteiger partial charge in [0, 0.05) is 12.1 Å². The quantitative estimate of drug-likeness (QED) is 0.231. The van der Waals surface area contributed by atoms with E-state index in [0.29, 0.717) is 40.1 Å². The Morgan fingerprint density at radius 3 is 2.24 bits per heavy atom. The van der Waals surface area contributed by atoms with E-state index in [1.165, 1.54) is 4.90 Å². The van der Waals surface area contributed by atoms with Gasteiger partial charge in [-0.1, -0.05) is 54.6 Å². The third-order valence-corrected chi connectivity index (χ3v) is 9.11. The van der Waals surface area contributed by atoms with Crippen LogP contribution in [0.5, 0.6) is 11.5 Å². The summed E-state index contributed by atoms with van der Waals surface area (Å²) in [4.78, 5) is 47.2. The smallest absolute Gasteiger partial charge is 0.291 e. The molecule has 1 atom stereocenters. The highest BCUT2D eigenvalue weighted by Gasteiger charge is 2.64. The normalized spacial score (nSPS) is 16.9. The van der Waals surface area contributed by atoms with Gasteiger partial charge in [0.05, 0.1) is 37.4 Å². The minimum absolute atomic E-state index is 0.0728. The van der Waals surface area contributed by atoms with Crippen LogP contribution in [0.1, 0.15) is 43.9 Å². The molecule has 2 aliphatic heterocycles. The van der Waals surface area contributed by atoms with Crippen molar-refractivity contribution in [2.75, 3.05) is 25.7 Å². The summed E-state index contributed by atoms with van der Waals surface area (Å²) in [6, 6.07) is 26.2. The van der Waals surface area contributed by atoms with Crippen molar-refractivity contribution in [2.45, 2.75) is 32.4 Å².